The number of hydrogen-bond acceptors (Lipinski definition) is 3. The van der Waals surface area contributed by atoms with E-state index in [2.05, 4.69) is 10.6 Å². The highest BCUT2D eigenvalue weighted by Crippen LogP contribution is 2.22. The molecule has 0 aromatic heterocycles. The molecular weight excluding hydrogens is 295 g/mol. The van der Waals surface area contributed by atoms with Crippen molar-refractivity contribution in [1.29, 1.82) is 0 Å². The maximum Gasteiger partial charge on any atom is 0.220 e. The molecule has 1 fully saturated rings. The van der Waals surface area contributed by atoms with E-state index in [9.17, 15) is 9.18 Å². The molecule has 1 aromatic carbocycles. The average molecular weight is 317 g/mol. The second-order valence-corrected chi connectivity index (χ2v) is 5.25. The van der Waals surface area contributed by atoms with Crippen molar-refractivity contribution in [3.05, 3.63) is 29.6 Å². The van der Waals surface area contributed by atoms with Crippen molar-refractivity contribution in [2.45, 2.75) is 25.8 Å². The third kappa shape index (κ3) is 4.86. The molecule has 0 radical (unpaired) electrons. The lowest BCUT2D eigenvalue weighted by Gasteiger charge is -2.16. The molecular formula is C15H22ClFN2O2. The van der Waals surface area contributed by atoms with Crippen molar-refractivity contribution in [2.75, 3.05) is 20.2 Å². The van der Waals surface area contributed by atoms with E-state index in [0.717, 1.165) is 25.1 Å². The largest absolute Gasteiger partial charge is 0.494 e. The predicted octanol–water partition coefficient (Wildman–Crippen LogP) is 2.43. The Kier molecular flexibility index (Phi) is 6.92. The Morgan fingerprint density at radius 1 is 1.57 bits per heavy atom. The molecule has 0 bridgehead atoms. The van der Waals surface area contributed by atoms with Crippen LogP contribution in [0.1, 0.15) is 31.4 Å². The van der Waals surface area contributed by atoms with E-state index in [1.54, 1.807) is 12.1 Å². The molecule has 2 unspecified atom stereocenters. The highest BCUT2D eigenvalue weighted by Gasteiger charge is 2.19. The van der Waals surface area contributed by atoms with E-state index in [1.807, 2.05) is 6.92 Å². The van der Waals surface area contributed by atoms with Crippen molar-refractivity contribution < 1.29 is 13.9 Å². The Labute approximate surface area is 130 Å². The van der Waals surface area contributed by atoms with Crippen LogP contribution >= 0.6 is 12.4 Å². The Morgan fingerprint density at radius 3 is 2.90 bits per heavy atom. The maximum atomic E-state index is 13.6. The number of ether oxygens (including phenoxy) is 1. The van der Waals surface area contributed by atoms with E-state index < -0.39 is 5.82 Å². The first-order valence-electron chi connectivity index (χ1n) is 6.93. The fraction of sp³-hybridized carbons (Fsp3) is 0.533. The molecule has 1 aromatic rings. The number of carbonyl (C=O) groups is 1. The minimum atomic E-state index is -0.411. The van der Waals surface area contributed by atoms with E-state index in [0.29, 0.717) is 12.3 Å². The standard InChI is InChI=1S/C15H21FN2O2.ClH/c1-10(12-3-4-14(20-2)13(16)8-12)18-15(19)7-11-5-6-17-9-11;/h3-4,8,10-11,17H,5-7,9H2,1-2H3,(H,18,19);1H. The molecule has 6 heteroatoms. The molecule has 0 spiro atoms. The number of benzene rings is 1. The lowest BCUT2D eigenvalue weighted by Crippen LogP contribution is -2.29. The number of amides is 1. The van der Waals surface area contributed by atoms with Crippen molar-refractivity contribution in [3.8, 4) is 5.75 Å². The van der Waals surface area contributed by atoms with Gasteiger partial charge in [-0.05, 0) is 50.0 Å². The monoisotopic (exact) mass is 316 g/mol. The molecule has 2 rings (SSSR count). The van der Waals surface area contributed by atoms with Gasteiger partial charge < -0.3 is 15.4 Å². The smallest absolute Gasteiger partial charge is 0.220 e. The van der Waals surface area contributed by atoms with Gasteiger partial charge in [0.1, 0.15) is 0 Å². The molecule has 0 saturated carbocycles. The van der Waals surface area contributed by atoms with Crippen LogP contribution in [0.25, 0.3) is 0 Å². The number of rotatable bonds is 5. The van der Waals surface area contributed by atoms with Gasteiger partial charge in [0.15, 0.2) is 11.6 Å². The summed E-state index contributed by atoms with van der Waals surface area (Å²) in [5.41, 5.74) is 0.737. The predicted molar refractivity (Wildman–Crippen MR) is 82.4 cm³/mol. The van der Waals surface area contributed by atoms with Crippen LogP contribution < -0.4 is 15.4 Å². The van der Waals surface area contributed by atoms with E-state index in [-0.39, 0.29) is 30.1 Å². The molecule has 4 nitrogen and oxygen atoms in total. The van der Waals surface area contributed by atoms with Crippen molar-refractivity contribution in [2.24, 2.45) is 5.92 Å². The van der Waals surface area contributed by atoms with Crippen molar-refractivity contribution >= 4 is 18.3 Å². The van der Waals surface area contributed by atoms with Gasteiger partial charge in [0.2, 0.25) is 5.91 Å². The first kappa shape index (κ1) is 17.7. The van der Waals surface area contributed by atoms with Crippen LogP contribution in [0.2, 0.25) is 0 Å². The molecule has 1 aliphatic heterocycles. The van der Waals surface area contributed by atoms with E-state index >= 15 is 0 Å². The molecule has 21 heavy (non-hydrogen) atoms. The van der Waals surface area contributed by atoms with Gasteiger partial charge >= 0.3 is 0 Å². The maximum absolute atomic E-state index is 13.6. The number of methoxy groups -OCH3 is 1. The number of nitrogens with one attached hydrogen (secondary N) is 2. The normalized spacial score (nSPS) is 18.7. The summed E-state index contributed by atoms with van der Waals surface area (Å²) in [7, 11) is 1.43. The number of halogens is 2. The summed E-state index contributed by atoms with van der Waals surface area (Å²) >= 11 is 0. The second-order valence-electron chi connectivity index (χ2n) is 5.25. The van der Waals surface area contributed by atoms with E-state index in [4.69, 9.17) is 4.74 Å². The molecule has 0 aliphatic carbocycles. The van der Waals surface area contributed by atoms with Crippen LogP contribution in [0.4, 0.5) is 4.39 Å². The minimum Gasteiger partial charge on any atom is -0.494 e. The Morgan fingerprint density at radius 2 is 2.33 bits per heavy atom. The van der Waals surface area contributed by atoms with Crippen LogP contribution in [0, 0.1) is 11.7 Å². The third-order valence-corrected chi connectivity index (χ3v) is 3.69. The summed E-state index contributed by atoms with van der Waals surface area (Å²) in [6, 6.07) is 4.54. The fourth-order valence-electron chi connectivity index (χ4n) is 2.49. The summed E-state index contributed by atoms with van der Waals surface area (Å²) < 4.78 is 18.5. The van der Waals surface area contributed by atoms with Crippen LogP contribution in [0.15, 0.2) is 18.2 Å². The third-order valence-electron chi connectivity index (χ3n) is 3.69. The molecule has 1 amide bonds. The van der Waals surface area contributed by atoms with Gasteiger partial charge in [-0.1, -0.05) is 6.07 Å². The van der Waals surface area contributed by atoms with Gasteiger partial charge in [-0.3, -0.25) is 4.79 Å². The van der Waals surface area contributed by atoms with Gasteiger partial charge in [-0.25, -0.2) is 4.39 Å². The first-order chi connectivity index (χ1) is 9.60. The quantitative estimate of drug-likeness (QED) is 0.877. The Bertz CT molecular complexity index is 479. The number of carbonyl (C=O) groups excluding carboxylic acids is 1. The number of hydrogen-bond donors (Lipinski definition) is 2. The van der Waals surface area contributed by atoms with Crippen LogP contribution in [-0.2, 0) is 4.79 Å². The summed E-state index contributed by atoms with van der Waals surface area (Å²) in [5.74, 6) is 0.229. The van der Waals surface area contributed by atoms with Gasteiger partial charge in [-0.2, -0.15) is 0 Å². The van der Waals surface area contributed by atoms with Gasteiger partial charge in [-0.15, -0.1) is 12.4 Å². The molecule has 2 N–H and O–H groups in total. The fourth-order valence-corrected chi connectivity index (χ4v) is 2.49. The molecule has 1 aliphatic rings. The van der Waals surface area contributed by atoms with E-state index in [1.165, 1.54) is 13.2 Å². The van der Waals surface area contributed by atoms with Gasteiger partial charge in [0.05, 0.1) is 13.2 Å². The van der Waals surface area contributed by atoms with Gasteiger partial charge in [0.25, 0.3) is 0 Å². The zero-order valence-corrected chi connectivity index (χ0v) is 13.1. The van der Waals surface area contributed by atoms with Crippen molar-refractivity contribution in [1.82, 2.24) is 10.6 Å². The highest BCUT2D eigenvalue weighted by molar-refractivity contribution is 5.85. The lowest BCUT2D eigenvalue weighted by atomic mass is 10.0. The average Bonchev–Trinajstić information content (AvgIpc) is 2.91. The summed E-state index contributed by atoms with van der Waals surface area (Å²) in [6.45, 7) is 3.74. The summed E-state index contributed by atoms with van der Waals surface area (Å²) in [5, 5.41) is 6.15. The zero-order valence-electron chi connectivity index (χ0n) is 12.3. The molecule has 1 heterocycles. The second kappa shape index (κ2) is 8.20. The Hall–Kier alpha value is -1.33. The lowest BCUT2D eigenvalue weighted by molar-refractivity contribution is -0.122. The van der Waals surface area contributed by atoms with Gasteiger partial charge in [0, 0.05) is 6.42 Å². The summed E-state index contributed by atoms with van der Waals surface area (Å²) in [4.78, 5) is 11.9. The zero-order chi connectivity index (χ0) is 14.5. The SMILES string of the molecule is COc1ccc(C(C)NC(=O)CC2CCNC2)cc1F.Cl. The van der Waals surface area contributed by atoms with Crippen LogP contribution in [0.5, 0.6) is 5.75 Å². The summed E-state index contributed by atoms with van der Waals surface area (Å²) in [6.07, 6.45) is 1.56. The van der Waals surface area contributed by atoms with Crippen molar-refractivity contribution in [3.63, 3.8) is 0 Å². The Balaban J connectivity index is 0.00000220. The molecule has 1 saturated heterocycles. The first-order valence-corrected chi connectivity index (χ1v) is 6.93. The highest BCUT2D eigenvalue weighted by atomic mass is 35.5. The van der Waals surface area contributed by atoms with Crippen LogP contribution in [-0.4, -0.2) is 26.1 Å². The molecule has 2 atom stereocenters. The topological polar surface area (TPSA) is 50.4 Å². The van der Waals surface area contributed by atoms with Crippen LogP contribution in [0.3, 0.4) is 0 Å². The minimum absolute atomic E-state index is 0. The molecule has 118 valence electrons.